The van der Waals surface area contributed by atoms with E-state index < -0.39 is 12.2 Å². The van der Waals surface area contributed by atoms with Gasteiger partial charge < -0.3 is 10.6 Å². The number of hydrogen-bond donors (Lipinski definition) is 2. The van der Waals surface area contributed by atoms with Gasteiger partial charge in [0, 0.05) is 24.7 Å². The van der Waals surface area contributed by atoms with Crippen LogP contribution in [-0.4, -0.2) is 25.8 Å². The first-order valence-electron chi connectivity index (χ1n) is 5.73. The van der Waals surface area contributed by atoms with E-state index in [1.54, 1.807) is 12.1 Å². The van der Waals surface area contributed by atoms with Crippen molar-refractivity contribution in [2.75, 3.05) is 19.6 Å². The van der Waals surface area contributed by atoms with Crippen LogP contribution in [0.25, 0.3) is 0 Å². The zero-order chi connectivity index (χ0) is 13.2. The van der Waals surface area contributed by atoms with Crippen molar-refractivity contribution in [1.29, 1.82) is 0 Å². The molecule has 1 heterocycles. The molecule has 0 radical (unpaired) electrons. The van der Waals surface area contributed by atoms with Crippen LogP contribution in [0.15, 0.2) is 24.3 Å². The van der Waals surface area contributed by atoms with Crippen LogP contribution in [0.5, 0.6) is 0 Å². The van der Waals surface area contributed by atoms with E-state index >= 15 is 0 Å². The Morgan fingerprint density at radius 1 is 1.33 bits per heavy atom. The van der Waals surface area contributed by atoms with E-state index in [2.05, 4.69) is 10.6 Å². The summed E-state index contributed by atoms with van der Waals surface area (Å²) in [5.74, 6) is 0.261. The van der Waals surface area contributed by atoms with Crippen molar-refractivity contribution >= 4 is 11.6 Å². The second-order valence-corrected chi connectivity index (χ2v) is 4.84. The third-order valence-electron chi connectivity index (χ3n) is 3.02. The van der Waals surface area contributed by atoms with Crippen LogP contribution in [0, 0.1) is 5.92 Å². The van der Waals surface area contributed by atoms with E-state index in [-0.39, 0.29) is 16.5 Å². The van der Waals surface area contributed by atoms with Crippen LogP contribution in [0.4, 0.5) is 13.2 Å². The van der Waals surface area contributed by atoms with Crippen molar-refractivity contribution in [2.45, 2.75) is 12.2 Å². The fourth-order valence-corrected chi connectivity index (χ4v) is 2.13. The molecule has 2 nitrogen and oxygen atoms in total. The number of hydrogen-bond acceptors (Lipinski definition) is 2. The first-order valence-corrected chi connectivity index (χ1v) is 6.11. The Morgan fingerprint density at radius 3 is 2.50 bits per heavy atom. The van der Waals surface area contributed by atoms with Gasteiger partial charge in [-0.1, -0.05) is 29.8 Å². The highest BCUT2D eigenvalue weighted by molar-refractivity contribution is 6.31. The molecule has 0 saturated carbocycles. The van der Waals surface area contributed by atoms with Crippen LogP contribution in [0.2, 0.25) is 5.02 Å². The Morgan fingerprint density at radius 2 is 2.00 bits per heavy atom. The Kier molecular flexibility index (Phi) is 4.14. The summed E-state index contributed by atoms with van der Waals surface area (Å²) in [6.45, 7) is 1.86. The Balaban J connectivity index is 2.11. The highest BCUT2D eigenvalue weighted by atomic mass is 35.5. The Bertz CT molecular complexity index is 405. The predicted molar refractivity (Wildman–Crippen MR) is 64.6 cm³/mol. The molecule has 1 unspecified atom stereocenters. The molecule has 1 fully saturated rings. The molecule has 2 rings (SSSR count). The second-order valence-electron chi connectivity index (χ2n) is 4.43. The first kappa shape index (κ1) is 13.6. The molecule has 1 aromatic rings. The molecule has 0 bridgehead atoms. The van der Waals surface area contributed by atoms with E-state index in [0.29, 0.717) is 6.54 Å². The predicted octanol–water partition coefficient (Wildman–Crippen LogP) is 2.75. The van der Waals surface area contributed by atoms with Crippen molar-refractivity contribution in [1.82, 2.24) is 10.6 Å². The van der Waals surface area contributed by atoms with E-state index in [9.17, 15) is 13.2 Å². The summed E-state index contributed by atoms with van der Waals surface area (Å²) in [4.78, 5) is 0. The van der Waals surface area contributed by atoms with Gasteiger partial charge in [-0.2, -0.15) is 13.2 Å². The zero-order valence-corrected chi connectivity index (χ0v) is 10.4. The minimum absolute atomic E-state index is 0.0824. The van der Waals surface area contributed by atoms with Crippen LogP contribution >= 0.6 is 11.6 Å². The summed E-state index contributed by atoms with van der Waals surface area (Å²) in [7, 11) is 0. The maximum Gasteiger partial charge on any atom is 0.407 e. The van der Waals surface area contributed by atoms with Gasteiger partial charge in [-0.15, -0.1) is 0 Å². The standard InChI is InChI=1S/C12H14ClF3N2/c13-10-4-2-1-3-9(10)11(12(14,15)16)18-7-8-5-17-6-8/h1-4,8,11,17-18H,5-7H2. The molecular weight excluding hydrogens is 265 g/mol. The van der Waals surface area contributed by atoms with Gasteiger partial charge in [0.2, 0.25) is 0 Å². The van der Waals surface area contributed by atoms with Gasteiger partial charge in [-0.05, 0) is 17.5 Å². The summed E-state index contributed by atoms with van der Waals surface area (Å²) in [5.41, 5.74) is 0.0824. The molecule has 0 amide bonds. The lowest BCUT2D eigenvalue weighted by molar-refractivity contribution is -0.158. The smallest absolute Gasteiger partial charge is 0.316 e. The highest BCUT2D eigenvalue weighted by Gasteiger charge is 2.41. The van der Waals surface area contributed by atoms with Gasteiger partial charge in [-0.3, -0.25) is 0 Å². The number of nitrogens with one attached hydrogen (secondary N) is 2. The fourth-order valence-electron chi connectivity index (χ4n) is 1.89. The van der Waals surface area contributed by atoms with E-state index in [1.165, 1.54) is 12.1 Å². The number of rotatable bonds is 4. The molecule has 1 aliphatic rings. The summed E-state index contributed by atoms with van der Waals surface area (Å²) in [6.07, 6.45) is -4.35. The minimum atomic E-state index is -4.35. The lowest BCUT2D eigenvalue weighted by atomic mass is 10.0. The van der Waals surface area contributed by atoms with Crippen LogP contribution in [-0.2, 0) is 0 Å². The van der Waals surface area contributed by atoms with Crippen LogP contribution in [0.1, 0.15) is 11.6 Å². The van der Waals surface area contributed by atoms with Crippen molar-refractivity contribution in [2.24, 2.45) is 5.92 Å². The molecule has 100 valence electrons. The number of alkyl halides is 3. The average molecular weight is 279 g/mol. The molecule has 1 aliphatic heterocycles. The third kappa shape index (κ3) is 3.16. The first-order chi connectivity index (χ1) is 8.48. The SMILES string of the molecule is FC(F)(F)C(NCC1CNC1)c1ccccc1Cl. The van der Waals surface area contributed by atoms with Gasteiger partial charge in [0.15, 0.2) is 0 Å². The maximum atomic E-state index is 13.0. The molecule has 2 N–H and O–H groups in total. The topological polar surface area (TPSA) is 24.1 Å². The van der Waals surface area contributed by atoms with E-state index in [1.807, 2.05) is 0 Å². The molecule has 0 aliphatic carbocycles. The molecule has 18 heavy (non-hydrogen) atoms. The normalized spacial score (nSPS) is 18.4. The molecule has 1 aromatic carbocycles. The molecule has 0 aromatic heterocycles. The average Bonchev–Trinajstić information content (AvgIpc) is 2.22. The molecule has 1 atom stereocenters. The van der Waals surface area contributed by atoms with Crippen molar-refractivity contribution in [3.63, 3.8) is 0 Å². The Labute approximate surface area is 109 Å². The van der Waals surface area contributed by atoms with Gasteiger partial charge in [-0.25, -0.2) is 0 Å². The van der Waals surface area contributed by atoms with Crippen molar-refractivity contribution in [3.05, 3.63) is 34.9 Å². The summed E-state index contributed by atoms with van der Waals surface area (Å²) in [5, 5.41) is 5.73. The van der Waals surface area contributed by atoms with Gasteiger partial charge >= 0.3 is 6.18 Å². The van der Waals surface area contributed by atoms with Crippen LogP contribution < -0.4 is 10.6 Å². The van der Waals surface area contributed by atoms with Crippen LogP contribution in [0.3, 0.4) is 0 Å². The second kappa shape index (κ2) is 5.47. The maximum absolute atomic E-state index is 13.0. The van der Waals surface area contributed by atoms with Crippen molar-refractivity contribution in [3.8, 4) is 0 Å². The van der Waals surface area contributed by atoms with Gasteiger partial charge in [0.05, 0.1) is 0 Å². The molecule has 0 spiro atoms. The molecular formula is C12H14ClF3N2. The Hall–Kier alpha value is -0.780. The fraction of sp³-hybridized carbons (Fsp3) is 0.500. The van der Waals surface area contributed by atoms with Gasteiger partial charge in [0.25, 0.3) is 0 Å². The lowest BCUT2D eigenvalue weighted by Crippen LogP contribution is -2.49. The summed E-state index contributed by atoms with van der Waals surface area (Å²) < 4.78 is 39.1. The lowest BCUT2D eigenvalue weighted by Gasteiger charge is -2.30. The molecule has 1 saturated heterocycles. The zero-order valence-electron chi connectivity index (χ0n) is 9.60. The largest absolute Gasteiger partial charge is 0.407 e. The minimum Gasteiger partial charge on any atom is -0.316 e. The number of halogens is 4. The number of benzene rings is 1. The van der Waals surface area contributed by atoms with E-state index in [4.69, 9.17) is 11.6 Å². The highest BCUT2D eigenvalue weighted by Crippen LogP contribution is 2.36. The van der Waals surface area contributed by atoms with Crippen molar-refractivity contribution < 1.29 is 13.2 Å². The molecule has 6 heteroatoms. The monoisotopic (exact) mass is 278 g/mol. The van der Waals surface area contributed by atoms with E-state index in [0.717, 1.165) is 13.1 Å². The summed E-state index contributed by atoms with van der Waals surface area (Å²) in [6, 6.07) is 4.36. The third-order valence-corrected chi connectivity index (χ3v) is 3.36. The van der Waals surface area contributed by atoms with Gasteiger partial charge in [0.1, 0.15) is 6.04 Å². The summed E-state index contributed by atoms with van der Waals surface area (Å²) >= 11 is 5.84. The quantitative estimate of drug-likeness (QED) is 0.885.